The van der Waals surface area contributed by atoms with Crippen LogP contribution < -0.4 is 10.0 Å². The number of benzene rings is 1. The molecule has 2 aromatic rings. The second-order valence-corrected chi connectivity index (χ2v) is 6.44. The van der Waals surface area contributed by atoms with Crippen molar-refractivity contribution >= 4 is 17.5 Å². The van der Waals surface area contributed by atoms with Gasteiger partial charge in [0.15, 0.2) is 12.4 Å². The Morgan fingerprint density at radius 2 is 1.91 bits per heavy atom. The van der Waals surface area contributed by atoms with Crippen molar-refractivity contribution in [2.24, 2.45) is 5.92 Å². The summed E-state index contributed by atoms with van der Waals surface area (Å²) in [5, 5.41) is 15.0. The van der Waals surface area contributed by atoms with Gasteiger partial charge in [0.2, 0.25) is 0 Å². The van der Waals surface area contributed by atoms with Crippen LogP contribution in [-0.4, -0.2) is 5.91 Å². The molecule has 1 N–H and O–H groups in total. The van der Waals surface area contributed by atoms with Crippen LogP contribution in [0, 0.1) is 11.1 Å². The molecule has 122 valence electrons. The summed E-state index contributed by atoms with van der Waals surface area (Å²) in [6.45, 7) is 4.30. The summed E-state index contributed by atoms with van der Waals surface area (Å²) < 4.78 is 0.625. The topological polar surface area (TPSA) is 56.0 Å². The van der Waals surface area contributed by atoms with Gasteiger partial charge in [-0.25, -0.2) is 0 Å². The molecule has 4 nitrogen and oxygen atoms in total. The Bertz CT molecular complexity index is 656. The largest absolute Gasteiger partial charge is 0.619 e. The second-order valence-electron chi connectivity index (χ2n) is 6.00. The van der Waals surface area contributed by atoms with Crippen molar-refractivity contribution in [1.82, 2.24) is 5.32 Å². The van der Waals surface area contributed by atoms with E-state index >= 15 is 0 Å². The Morgan fingerprint density at radius 3 is 2.52 bits per heavy atom. The lowest BCUT2D eigenvalue weighted by Crippen LogP contribution is -2.32. The highest BCUT2D eigenvalue weighted by Gasteiger charge is 2.17. The van der Waals surface area contributed by atoms with Gasteiger partial charge >= 0.3 is 0 Å². The molecule has 1 amide bonds. The van der Waals surface area contributed by atoms with Crippen molar-refractivity contribution < 1.29 is 9.52 Å². The van der Waals surface area contributed by atoms with Gasteiger partial charge in [-0.1, -0.05) is 37.6 Å². The first-order chi connectivity index (χ1) is 11.0. The quantitative estimate of drug-likeness (QED) is 0.644. The Kier molecular flexibility index (Phi) is 5.99. The maximum Gasteiger partial charge on any atom is 0.257 e. The average molecular weight is 333 g/mol. The van der Waals surface area contributed by atoms with Gasteiger partial charge in [0.25, 0.3) is 5.91 Å². The van der Waals surface area contributed by atoms with Gasteiger partial charge in [-0.2, -0.15) is 4.73 Å². The molecule has 5 heteroatoms. The van der Waals surface area contributed by atoms with Crippen molar-refractivity contribution in [3.8, 4) is 0 Å². The van der Waals surface area contributed by atoms with E-state index in [0.717, 1.165) is 18.4 Å². The van der Waals surface area contributed by atoms with Gasteiger partial charge < -0.3 is 10.5 Å². The van der Waals surface area contributed by atoms with Gasteiger partial charge in [0, 0.05) is 11.1 Å². The van der Waals surface area contributed by atoms with E-state index < -0.39 is 0 Å². The molecule has 0 bridgehead atoms. The average Bonchev–Trinajstić information content (AvgIpc) is 2.52. The van der Waals surface area contributed by atoms with Crippen LogP contribution in [0.25, 0.3) is 0 Å². The van der Waals surface area contributed by atoms with Gasteiger partial charge in [-0.15, -0.1) is 0 Å². The molecule has 0 fully saturated rings. The maximum atomic E-state index is 12.4. The summed E-state index contributed by atoms with van der Waals surface area (Å²) in [6, 6.07) is 10.6. The summed E-state index contributed by atoms with van der Waals surface area (Å²) in [6.07, 6.45) is 4.45. The first-order valence-electron chi connectivity index (χ1n) is 7.71. The minimum Gasteiger partial charge on any atom is -0.619 e. The molecule has 0 saturated heterocycles. The summed E-state index contributed by atoms with van der Waals surface area (Å²) >= 11 is 5.94. The zero-order valence-corrected chi connectivity index (χ0v) is 14.1. The molecule has 0 unspecified atom stereocenters. The minimum absolute atomic E-state index is 0.109. The number of amides is 1. The van der Waals surface area contributed by atoms with Crippen LogP contribution in [0.2, 0.25) is 5.02 Å². The maximum absolute atomic E-state index is 12.4. The van der Waals surface area contributed by atoms with Crippen LogP contribution in [0.1, 0.15) is 48.7 Å². The molecule has 0 saturated carbocycles. The Labute approximate surface area is 141 Å². The third-order valence-corrected chi connectivity index (χ3v) is 3.90. The van der Waals surface area contributed by atoms with Crippen molar-refractivity contribution in [1.29, 1.82) is 0 Å². The van der Waals surface area contributed by atoms with E-state index in [1.165, 1.54) is 12.4 Å². The smallest absolute Gasteiger partial charge is 0.257 e. The zero-order chi connectivity index (χ0) is 16.8. The zero-order valence-electron chi connectivity index (χ0n) is 13.3. The standard InChI is InChI=1S/C18H21ClN2O2/c1-13(2)5-10-17(14-6-8-16(19)9-7-14)20-18(22)15-4-3-11-21(23)12-15/h3-4,6-9,11-13,17H,5,10H2,1-2H3,(H,20,22)/t17-/m0/s1. The van der Waals surface area contributed by atoms with E-state index in [2.05, 4.69) is 19.2 Å². The third kappa shape index (κ3) is 5.25. The molecule has 2 rings (SSSR count). The van der Waals surface area contributed by atoms with E-state index in [1.54, 1.807) is 12.1 Å². The number of nitrogens with zero attached hydrogens (tertiary/aromatic N) is 1. The monoisotopic (exact) mass is 332 g/mol. The molecule has 0 spiro atoms. The molecule has 0 radical (unpaired) electrons. The lowest BCUT2D eigenvalue weighted by molar-refractivity contribution is -0.605. The fourth-order valence-electron chi connectivity index (χ4n) is 2.35. The first-order valence-corrected chi connectivity index (χ1v) is 8.08. The van der Waals surface area contributed by atoms with E-state index in [9.17, 15) is 10.0 Å². The van der Waals surface area contributed by atoms with Gasteiger partial charge in [-0.3, -0.25) is 4.79 Å². The number of rotatable bonds is 6. The highest BCUT2D eigenvalue weighted by molar-refractivity contribution is 6.30. The van der Waals surface area contributed by atoms with Crippen molar-refractivity contribution in [3.63, 3.8) is 0 Å². The molecular weight excluding hydrogens is 312 g/mol. The fourth-order valence-corrected chi connectivity index (χ4v) is 2.47. The van der Waals surface area contributed by atoms with Gasteiger partial charge in [0.1, 0.15) is 5.56 Å². The fraction of sp³-hybridized carbons (Fsp3) is 0.333. The van der Waals surface area contributed by atoms with Crippen LogP contribution in [-0.2, 0) is 0 Å². The van der Waals surface area contributed by atoms with Crippen LogP contribution in [0.15, 0.2) is 48.8 Å². The predicted octanol–water partition coefficient (Wildman–Crippen LogP) is 3.88. The number of carbonyl (C=O) groups is 1. The summed E-state index contributed by atoms with van der Waals surface area (Å²) in [4.78, 5) is 12.4. The van der Waals surface area contributed by atoms with E-state index in [4.69, 9.17) is 11.6 Å². The highest BCUT2D eigenvalue weighted by atomic mass is 35.5. The second kappa shape index (κ2) is 7.97. The highest BCUT2D eigenvalue weighted by Crippen LogP contribution is 2.23. The number of hydrogen-bond donors (Lipinski definition) is 1. The molecule has 0 aliphatic rings. The number of hydrogen-bond acceptors (Lipinski definition) is 2. The minimum atomic E-state index is -0.251. The SMILES string of the molecule is CC(C)CC[C@H](NC(=O)c1ccc[n+]([O-])c1)c1ccc(Cl)cc1. The Balaban J connectivity index is 2.16. The first kappa shape index (κ1) is 17.3. The van der Waals surface area contributed by atoms with Crippen molar-refractivity contribution in [3.05, 3.63) is 70.1 Å². The number of aromatic nitrogens is 1. The van der Waals surface area contributed by atoms with Gasteiger partial charge in [-0.05, 0) is 42.5 Å². The van der Waals surface area contributed by atoms with E-state index in [-0.39, 0.29) is 11.9 Å². The molecule has 1 atom stereocenters. The van der Waals surface area contributed by atoms with Crippen LogP contribution in [0.3, 0.4) is 0 Å². The molecule has 0 aliphatic heterocycles. The summed E-state index contributed by atoms with van der Waals surface area (Å²) in [5.41, 5.74) is 1.36. The third-order valence-electron chi connectivity index (χ3n) is 3.65. The normalized spacial score (nSPS) is 12.2. The van der Waals surface area contributed by atoms with Crippen molar-refractivity contribution in [2.45, 2.75) is 32.7 Å². The number of halogens is 1. The van der Waals surface area contributed by atoms with Crippen molar-refractivity contribution in [2.75, 3.05) is 0 Å². The van der Waals surface area contributed by atoms with E-state index in [0.29, 0.717) is 21.2 Å². The molecule has 1 aromatic carbocycles. The molecule has 1 heterocycles. The number of pyridine rings is 1. The van der Waals surface area contributed by atoms with Crippen LogP contribution in [0.4, 0.5) is 0 Å². The predicted molar refractivity (Wildman–Crippen MR) is 91.1 cm³/mol. The summed E-state index contributed by atoms with van der Waals surface area (Å²) in [5.74, 6) is 0.293. The van der Waals surface area contributed by atoms with E-state index in [1.807, 2.05) is 24.3 Å². The molecule has 23 heavy (non-hydrogen) atoms. The summed E-state index contributed by atoms with van der Waals surface area (Å²) in [7, 11) is 0. The Morgan fingerprint density at radius 1 is 1.22 bits per heavy atom. The Hall–Kier alpha value is -2.07. The lowest BCUT2D eigenvalue weighted by atomic mass is 9.97. The lowest BCUT2D eigenvalue weighted by Gasteiger charge is -2.20. The van der Waals surface area contributed by atoms with Crippen LogP contribution in [0.5, 0.6) is 0 Å². The van der Waals surface area contributed by atoms with Crippen LogP contribution >= 0.6 is 11.6 Å². The van der Waals surface area contributed by atoms with Gasteiger partial charge in [0.05, 0.1) is 6.04 Å². The molecular formula is C18H21ClN2O2. The molecule has 0 aliphatic carbocycles. The number of nitrogens with one attached hydrogen (secondary N) is 1. The number of carbonyl (C=O) groups excluding carboxylic acids is 1. The molecule has 1 aromatic heterocycles.